The first-order chi connectivity index (χ1) is 9.01. The molecule has 100 valence electrons. The highest BCUT2D eigenvalue weighted by Gasteiger charge is 2.10. The first-order valence-electron chi connectivity index (χ1n) is 5.12. The lowest BCUT2D eigenvalue weighted by molar-refractivity contribution is 0.412. The standard InChI is InChI=1S/C12H8Br2ClFN2O/c1-19-11-4-10(7(13)3-8(11)14)18-12-9(16)2-6(15)5-17-12/h2-5H,1H3,(H,17,18). The van der Waals surface area contributed by atoms with Crippen LogP contribution in [0.4, 0.5) is 15.9 Å². The van der Waals surface area contributed by atoms with E-state index in [9.17, 15) is 4.39 Å². The highest BCUT2D eigenvalue weighted by Crippen LogP contribution is 2.36. The second-order valence-corrected chi connectivity index (χ2v) is 5.72. The van der Waals surface area contributed by atoms with Crippen molar-refractivity contribution in [3.05, 3.63) is 44.2 Å². The van der Waals surface area contributed by atoms with Crippen LogP contribution < -0.4 is 10.1 Å². The van der Waals surface area contributed by atoms with Gasteiger partial charge in [0.25, 0.3) is 0 Å². The van der Waals surface area contributed by atoms with E-state index in [0.29, 0.717) is 11.4 Å². The lowest BCUT2D eigenvalue weighted by Crippen LogP contribution is -1.98. The number of anilines is 2. The smallest absolute Gasteiger partial charge is 0.167 e. The zero-order valence-corrected chi connectivity index (χ0v) is 13.6. The summed E-state index contributed by atoms with van der Waals surface area (Å²) < 4.78 is 20.4. The quantitative estimate of drug-likeness (QED) is 0.760. The maximum atomic E-state index is 13.7. The predicted molar refractivity (Wildman–Crippen MR) is 80.9 cm³/mol. The van der Waals surface area contributed by atoms with Crippen molar-refractivity contribution in [2.45, 2.75) is 0 Å². The van der Waals surface area contributed by atoms with Gasteiger partial charge in [-0.2, -0.15) is 0 Å². The van der Waals surface area contributed by atoms with Crippen LogP contribution in [0.5, 0.6) is 5.75 Å². The average molecular weight is 410 g/mol. The molecule has 7 heteroatoms. The highest BCUT2D eigenvalue weighted by molar-refractivity contribution is 9.11. The Balaban J connectivity index is 2.37. The number of hydrogen-bond acceptors (Lipinski definition) is 3. The van der Waals surface area contributed by atoms with Crippen molar-refractivity contribution < 1.29 is 9.13 Å². The monoisotopic (exact) mass is 408 g/mol. The zero-order valence-electron chi connectivity index (χ0n) is 9.68. The maximum absolute atomic E-state index is 13.7. The number of pyridine rings is 1. The summed E-state index contributed by atoms with van der Waals surface area (Å²) in [6.45, 7) is 0. The number of rotatable bonds is 3. The molecule has 1 N–H and O–H groups in total. The van der Waals surface area contributed by atoms with Gasteiger partial charge in [-0.1, -0.05) is 11.6 Å². The minimum Gasteiger partial charge on any atom is -0.495 e. The fraction of sp³-hybridized carbons (Fsp3) is 0.0833. The first-order valence-corrected chi connectivity index (χ1v) is 7.08. The Bertz CT molecular complexity index is 625. The van der Waals surface area contributed by atoms with E-state index in [2.05, 4.69) is 42.2 Å². The van der Waals surface area contributed by atoms with E-state index in [4.69, 9.17) is 16.3 Å². The lowest BCUT2D eigenvalue weighted by Gasteiger charge is -2.11. The van der Waals surface area contributed by atoms with Crippen molar-refractivity contribution in [3.8, 4) is 5.75 Å². The van der Waals surface area contributed by atoms with Gasteiger partial charge in [0.05, 0.1) is 22.3 Å². The maximum Gasteiger partial charge on any atom is 0.167 e. The van der Waals surface area contributed by atoms with Crippen molar-refractivity contribution in [2.75, 3.05) is 12.4 Å². The van der Waals surface area contributed by atoms with Gasteiger partial charge in [-0.15, -0.1) is 0 Å². The SMILES string of the molecule is COc1cc(Nc2ncc(Cl)cc2F)c(Br)cc1Br. The number of hydrogen-bond donors (Lipinski definition) is 1. The van der Waals surface area contributed by atoms with Gasteiger partial charge in [0.2, 0.25) is 0 Å². The van der Waals surface area contributed by atoms with Crippen LogP contribution in [0.15, 0.2) is 33.3 Å². The van der Waals surface area contributed by atoms with Gasteiger partial charge >= 0.3 is 0 Å². The van der Waals surface area contributed by atoms with Crippen LogP contribution in [0.1, 0.15) is 0 Å². The molecule has 0 saturated heterocycles. The second-order valence-electron chi connectivity index (χ2n) is 3.58. The number of nitrogens with zero attached hydrogens (tertiary/aromatic N) is 1. The molecule has 0 fully saturated rings. The topological polar surface area (TPSA) is 34.1 Å². The summed E-state index contributed by atoms with van der Waals surface area (Å²) in [6.07, 6.45) is 1.37. The molecule has 3 nitrogen and oxygen atoms in total. The number of benzene rings is 1. The Morgan fingerprint density at radius 1 is 1.26 bits per heavy atom. The van der Waals surface area contributed by atoms with Crippen molar-refractivity contribution in [1.29, 1.82) is 0 Å². The van der Waals surface area contributed by atoms with Crippen molar-refractivity contribution in [1.82, 2.24) is 4.98 Å². The summed E-state index contributed by atoms with van der Waals surface area (Å²) in [7, 11) is 1.55. The Labute approximate surface area is 131 Å². The molecule has 1 aromatic carbocycles. The van der Waals surface area contributed by atoms with Gasteiger partial charge in [0.15, 0.2) is 11.6 Å². The molecule has 2 rings (SSSR count). The summed E-state index contributed by atoms with van der Waals surface area (Å²) >= 11 is 12.4. The van der Waals surface area contributed by atoms with E-state index >= 15 is 0 Å². The summed E-state index contributed by atoms with van der Waals surface area (Å²) in [4.78, 5) is 3.90. The molecule has 19 heavy (non-hydrogen) atoms. The molecule has 0 saturated carbocycles. The summed E-state index contributed by atoms with van der Waals surface area (Å²) in [6, 6.07) is 4.72. The molecular formula is C12H8Br2ClFN2O. The summed E-state index contributed by atoms with van der Waals surface area (Å²) in [5.74, 6) is 0.191. The van der Waals surface area contributed by atoms with E-state index in [-0.39, 0.29) is 10.8 Å². The van der Waals surface area contributed by atoms with Gasteiger partial charge < -0.3 is 10.1 Å². The molecule has 0 amide bonds. The molecule has 0 atom stereocenters. The summed E-state index contributed by atoms with van der Waals surface area (Å²) in [5, 5.41) is 3.12. The fourth-order valence-electron chi connectivity index (χ4n) is 1.42. The van der Waals surface area contributed by atoms with Crippen LogP contribution >= 0.6 is 43.5 Å². The molecule has 0 spiro atoms. The number of methoxy groups -OCH3 is 1. The van der Waals surface area contributed by atoms with E-state index in [1.54, 1.807) is 19.2 Å². The first kappa shape index (κ1) is 14.6. The van der Waals surface area contributed by atoms with Gasteiger partial charge in [0.1, 0.15) is 5.75 Å². The van der Waals surface area contributed by atoms with Gasteiger partial charge in [-0.25, -0.2) is 9.37 Å². The third kappa shape index (κ3) is 3.38. The van der Waals surface area contributed by atoms with E-state index in [0.717, 1.165) is 8.95 Å². The third-order valence-corrected chi connectivity index (χ3v) is 3.78. The Morgan fingerprint density at radius 3 is 2.63 bits per heavy atom. The van der Waals surface area contributed by atoms with E-state index in [1.165, 1.54) is 12.3 Å². The summed E-state index contributed by atoms with van der Waals surface area (Å²) in [5.41, 5.74) is 0.633. The molecule has 1 heterocycles. The van der Waals surface area contributed by atoms with Gasteiger partial charge in [-0.05, 0) is 44.0 Å². The van der Waals surface area contributed by atoms with Gasteiger partial charge in [0, 0.05) is 16.7 Å². The van der Waals surface area contributed by atoms with E-state index in [1.807, 2.05) is 0 Å². The normalized spacial score (nSPS) is 10.4. The Morgan fingerprint density at radius 2 is 2.00 bits per heavy atom. The van der Waals surface area contributed by atoms with Crippen LogP contribution in [0.2, 0.25) is 5.02 Å². The van der Waals surface area contributed by atoms with Crippen molar-refractivity contribution in [2.24, 2.45) is 0 Å². The molecule has 2 aromatic rings. The highest BCUT2D eigenvalue weighted by atomic mass is 79.9. The van der Waals surface area contributed by atoms with Crippen molar-refractivity contribution >= 4 is 55.0 Å². The fourth-order valence-corrected chi connectivity index (χ4v) is 2.81. The molecule has 0 bridgehead atoms. The van der Waals surface area contributed by atoms with Crippen LogP contribution in [0.25, 0.3) is 0 Å². The van der Waals surface area contributed by atoms with Crippen LogP contribution in [0, 0.1) is 5.82 Å². The van der Waals surface area contributed by atoms with Crippen LogP contribution in [-0.4, -0.2) is 12.1 Å². The van der Waals surface area contributed by atoms with Crippen LogP contribution in [-0.2, 0) is 0 Å². The number of aromatic nitrogens is 1. The number of nitrogens with one attached hydrogen (secondary N) is 1. The minimum absolute atomic E-state index is 0.0921. The average Bonchev–Trinajstić information content (AvgIpc) is 2.35. The zero-order chi connectivity index (χ0) is 14.0. The van der Waals surface area contributed by atoms with Crippen LogP contribution in [0.3, 0.4) is 0 Å². The Hall–Kier alpha value is -0.850. The molecule has 0 aliphatic carbocycles. The lowest BCUT2D eigenvalue weighted by atomic mass is 10.3. The molecule has 0 radical (unpaired) electrons. The Kier molecular flexibility index (Phi) is 4.65. The molecule has 0 aliphatic heterocycles. The second kappa shape index (κ2) is 6.07. The van der Waals surface area contributed by atoms with Gasteiger partial charge in [-0.3, -0.25) is 0 Å². The molecule has 1 aromatic heterocycles. The number of ether oxygens (including phenoxy) is 1. The molecule has 0 aliphatic rings. The molecule has 0 unspecified atom stereocenters. The van der Waals surface area contributed by atoms with Crippen molar-refractivity contribution in [3.63, 3.8) is 0 Å². The molecular weight excluding hydrogens is 402 g/mol. The van der Waals surface area contributed by atoms with E-state index < -0.39 is 5.82 Å². The number of halogens is 4. The predicted octanol–water partition coefficient (Wildman–Crippen LogP) is 5.15. The largest absolute Gasteiger partial charge is 0.495 e. The minimum atomic E-state index is -0.527. The third-order valence-electron chi connectivity index (χ3n) is 2.30.